The number of amides is 1. The van der Waals surface area contributed by atoms with Crippen LogP contribution in [0, 0.1) is 6.92 Å². The van der Waals surface area contributed by atoms with Crippen molar-refractivity contribution in [2.75, 3.05) is 6.61 Å². The molecule has 3 rings (SSSR count). The predicted octanol–water partition coefficient (Wildman–Crippen LogP) is 1.29. The molecule has 0 atom stereocenters. The molecule has 0 bridgehead atoms. The molecule has 0 unspecified atom stereocenters. The summed E-state index contributed by atoms with van der Waals surface area (Å²) in [4.78, 5) is 32.6. The molecular formula is C16H17N5O3S. The van der Waals surface area contributed by atoms with Gasteiger partial charge in [-0.05, 0) is 31.5 Å². The van der Waals surface area contributed by atoms with Crippen molar-refractivity contribution < 1.29 is 14.3 Å². The number of aromatic nitrogens is 4. The Morgan fingerprint density at radius 3 is 2.88 bits per heavy atom. The molecule has 0 N–H and O–H groups in total. The number of thiazole rings is 1. The standard InChI is InChI=1S/C16H17N5O3S/c1-3-24-15(23)8-21-12-5-4-11(2)6-13(12)25-16(21)19-14(22)7-20-10-17-9-18-20/h4-6,9-10H,3,7-8H2,1-2H3. The zero-order valence-electron chi connectivity index (χ0n) is 13.9. The van der Waals surface area contributed by atoms with Gasteiger partial charge in [0.2, 0.25) is 0 Å². The van der Waals surface area contributed by atoms with E-state index in [4.69, 9.17) is 4.74 Å². The van der Waals surface area contributed by atoms with Gasteiger partial charge in [-0.25, -0.2) is 9.67 Å². The summed E-state index contributed by atoms with van der Waals surface area (Å²) < 4.78 is 9.09. The molecule has 1 amide bonds. The fraction of sp³-hybridized carbons (Fsp3) is 0.312. The number of carbonyl (C=O) groups is 2. The Labute approximate surface area is 147 Å². The van der Waals surface area contributed by atoms with Gasteiger partial charge in [0.05, 0.1) is 16.8 Å². The van der Waals surface area contributed by atoms with E-state index in [1.807, 2.05) is 25.1 Å². The van der Waals surface area contributed by atoms with Crippen LogP contribution in [0.5, 0.6) is 0 Å². The van der Waals surface area contributed by atoms with Gasteiger partial charge in [0.15, 0.2) is 4.80 Å². The van der Waals surface area contributed by atoms with Crippen molar-refractivity contribution in [3.63, 3.8) is 0 Å². The highest BCUT2D eigenvalue weighted by Crippen LogP contribution is 2.19. The molecule has 0 saturated carbocycles. The van der Waals surface area contributed by atoms with Crippen LogP contribution in [0.4, 0.5) is 0 Å². The van der Waals surface area contributed by atoms with E-state index in [0.717, 1.165) is 15.8 Å². The van der Waals surface area contributed by atoms with Crippen LogP contribution in [0.2, 0.25) is 0 Å². The summed E-state index contributed by atoms with van der Waals surface area (Å²) in [7, 11) is 0. The highest BCUT2D eigenvalue weighted by Gasteiger charge is 2.12. The van der Waals surface area contributed by atoms with Crippen molar-refractivity contribution >= 4 is 33.4 Å². The molecule has 0 aliphatic carbocycles. The third kappa shape index (κ3) is 4.00. The summed E-state index contributed by atoms with van der Waals surface area (Å²) in [5, 5.41) is 3.89. The van der Waals surface area contributed by atoms with Crippen molar-refractivity contribution in [3.05, 3.63) is 41.2 Å². The molecule has 130 valence electrons. The first-order chi connectivity index (χ1) is 12.1. The third-order valence-electron chi connectivity index (χ3n) is 3.41. The van der Waals surface area contributed by atoms with E-state index in [-0.39, 0.29) is 25.0 Å². The van der Waals surface area contributed by atoms with Crippen LogP contribution in [-0.2, 0) is 27.4 Å². The summed E-state index contributed by atoms with van der Waals surface area (Å²) in [6.07, 6.45) is 2.81. The number of ether oxygens (including phenoxy) is 1. The summed E-state index contributed by atoms with van der Waals surface area (Å²) in [6.45, 7) is 4.05. The average molecular weight is 359 g/mol. The summed E-state index contributed by atoms with van der Waals surface area (Å²) in [6, 6.07) is 5.88. The number of nitrogens with zero attached hydrogens (tertiary/aromatic N) is 5. The molecule has 0 aliphatic rings. The molecule has 0 radical (unpaired) electrons. The summed E-state index contributed by atoms with van der Waals surface area (Å²) in [5.41, 5.74) is 1.94. The second kappa shape index (κ2) is 7.39. The Kier molecular flexibility index (Phi) is 5.03. The van der Waals surface area contributed by atoms with E-state index in [0.29, 0.717) is 11.4 Å². The summed E-state index contributed by atoms with van der Waals surface area (Å²) in [5.74, 6) is -0.737. The van der Waals surface area contributed by atoms with Gasteiger partial charge in [-0.2, -0.15) is 10.1 Å². The first-order valence-electron chi connectivity index (χ1n) is 7.72. The van der Waals surface area contributed by atoms with Crippen LogP contribution in [0.15, 0.2) is 35.8 Å². The van der Waals surface area contributed by atoms with Gasteiger partial charge in [0.25, 0.3) is 5.91 Å². The van der Waals surface area contributed by atoms with Gasteiger partial charge in [-0.1, -0.05) is 17.4 Å². The zero-order valence-corrected chi connectivity index (χ0v) is 14.7. The van der Waals surface area contributed by atoms with Crippen molar-refractivity contribution in [3.8, 4) is 0 Å². The van der Waals surface area contributed by atoms with E-state index < -0.39 is 0 Å². The van der Waals surface area contributed by atoms with Crippen LogP contribution < -0.4 is 4.80 Å². The maximum absolute atomic E-state index is 12.2. The fourth-order valence-electron chi connectivity index (χ4n) is 2.35. The quantitative estimate of drug-likeness (QED) is 0.640. The lowest BCUT2D eigenvalue weighted by atomic mass is 10.2. The van der Waals surface area contributed by atoms with Crippen LogP contribution >= 0.6 is 11.3 Å². The molecule has 2 aromatic heterocycles. The van der Waals surface area contributed by atoms with E-state index >= 15 is 0 Å². The van der Waals surface area contributed by atoms with Gasteiger partial charge in [-0.15, -0.1) is 0 Å². The fourth-order valence-corrected chi connectivity index (χ4v) is 3.49. The highest BCUT2D eigenvalue weighted by molar-refractivity contribution is 7.16. The van der Waals surface area contributed by atoms with E-state index in [9.17, 15) is 9.59 Å². The third-order valence-corrected chi connectivity index (χ3v) is 4.46. The first kappa shape index (κ1) is 17.0. The number of esters is 1. The molecule has 0 aliphatic heterocycles. The number of benzene rings is 1. The van der Waals surface area contributed by atoms with E-state index in [1.165, 1.54) is 28.7 Å². The van der Waals surface area contributed by atoms with E-state index in [1.54, 1.807) is 11.5 Å². The number of rotatable bonds is 5. The molecule has 9 heteroatoms. The predicted molar refractivity (Wildman–Crippen MR) is 91.8 cm³/mol. The topological polar surface area (TPSA) is 91.4 Å². The number of hydrogen-bond acceptors (Lipinski definition) is 6. The van der Waals surface area contributed by atoms with Crippen molar-refractivity contribution in [2.45, 2.75) is 26.9 Å². The Morgan fingerprint density at radius 2 is 2.16 bits per heavy atom. The lowest BCUT2D eigenvalue weighted by molar-refractivity contribution is -0.143. The van der Waals surface area contributed by atoms with Gasteiger partial charge in [0.1, 0.15) is 25.7 Å². The van der Waals surface area contributed by atoms with Crippen LogP contribution in [0.3, 0.4) is 0 Å². The molecule has 1 aromatic carbocycles. The number of fused-ring (bicyclic) bond motifs is 1. The smallest absolute Gasteiger partial charge is 0.326 e. The minimum absolute atomic E-state index is 0.00629. The SMILES string of the molecule is CCOC(=O)Cn1c(=NC(=O)Cn2cncn2)sc2cc(C)ccc21. The lowest BCUT2D eigenvalue weighted by Gasteiger charge is -2.05. The molecule has 25 heavy (non-hydrogen) atoms. The second-order valence-electron chi connectivity index (χ2n) is 5.35. The number of hydrogen-bond donors (Lipinski definition) is 0. The van der Waals surface area contributed by atoms with Crippen LogP contribution in [0.25, 0.3) is 10.2 Å². The molecule has 8 nitrogen and oxygen atoms in total. The number of aryl methyl sites for hydroxylation is 1. The Morgan fingerprint density at radius 1 is 1.32 bits per heavy atom. The average Bonchev–Trinajstić information content (AvgIpc) is 3.16. The Bertz CT molecular complexity index is 971. The minimum atomic E-state index is -0.369. The maximum atomic E-state index is 12.2. The van der Waals surface area contributed by atoms with Crippen molar-refractivity contribution in [1.29, 1.82) is 0 Å². The monoisotopic (exact) mass is 359 g/mol. The van der Waals surface area contributed by atoms with E-state index in [2.05, 4.69) is 15.1 Å². The number of carbonyl (C=O) groups excluding carboxylic acids is 2. The molecule has 2 heterocycles. The molecule has 0 spiro atoms. The highest BCUT2D eigenvalue weighted by atomic mass is 32.1. The Hall–Kier alpha value is -2.81. The Balaban J connectivity index is 2.01. The van der Waals surface area contributed by atoms with Crippen molar-refractivity contribution in [2.24, 2.45) is 4.99 Å². The molecular weight excluding hydrogens is 342 g/mol. The lowest BCUT2D eigenvalue weighted by Crippen LogP contribution is -2.23. The normalized spacial score (nSPS) is 11.8. The largest absolute Gasteiger partial charge is 0.465 e. The first-order valence-corrected chi connectivity index (χ1v) is 8.54. The van der Waals surface area contributed by atoms with Gasteiger partial charge >= 0.3 is 5.97 Å². The van der Waals surface area contributed by atoms with Crippen LogP contribution in [0.1, 0.15) is 12.5 Å². The van der Waals surface area contributed by atoms with Gasteiger partial charge in [0, 0.05) is 0 Å². The maximum Gasteiger partial charge on any atom is 0.326 e. The van der Waals surface area contributed by atoms with Crippen molar-refractivity contribution in [1.82, 2.24) is 19.3 Å². The van der Waals surface area contributed by atoms with Gasteiger partial charge in [-0.3, -0.25) is 9.59 Å². The second-order valence-corrected chi connectivity index (χ2v) is 6.35. The summed E-state index contributed by atoms with van der Waals surface area (Å²) >= 11 is 1.36. The molecule has 0 fully saturated rings. The van der Waals surface area contributed by atoms with Crippen LogP contribution in [-0.4, -0.2) is 37.8 Å². The van der Waals surface area contributed by atoms with Gasteiger partial charge < -0.3 is 9.30 Å². The minimum Gasteiger partial charge on any atom is -0.465 e. The zero-order chi connectivity index (χ0) is 17.8. The molecule has 3 aromatic rings. The molecule has 0 saturated heterocycles.